The van der Waals surface area contributed by atoms with Crippen molar-refractivity contribution in [1.82, 2.24) is 0 Å². The van der Waals surface area contributed by atoms with Crippen LogP contribution in [-0.4, -0.2) is 12.6 Å². The van der Waals surface area contributed by atoms with Crippen LogP contribution in [0.4, 0.5) is 0 Å². The van der Waals surface area contributed by atoms with Crippen molar-refractivity contribution >= 4 is 5.97 Å². The maximum Gasteiger partial charge on any atom is 0.333 e. The van der Waals surface area contributed by atoms with Crippen LogP contribution in [0.25, 0.3) is 0 Å². The third-order valence-electron chi connectivity index (χ3n) is 5.56. The molecule has 0 aliphatic heterocycles. The Morgan fingerprint density at radius 2 is 1.93 bits per heavy atom. The third kappa shape index (κ3) is 2.90. The van der Waals surface area contributed by atoms with Crippen molar-refractivity contribution in [3.05, 3.63) is 58.3 Å². The zero-order valence-corrected chi connectivity index (χ0v) is 15.5. The highest BCUT2D eigenvalue weighted by Gasteiger charge is 2.56. The van der Waals surface area contributed by atoms with Crippen molar-refractivity contribution in [3.8, 4) is 12.1 Å². The fraction of sp³-hybridized carbons (Fsp3) is 0.409. The van der Waals surface area contributed by atoms with Crippen LogP contribution in [0.5, 0.6) is 0 Å². The summed E-state index contributed by atoms with van der Waals surface area (Å²) >= 11 is 0. The van der Waals surface area contributed by atoms with Crippen LogP contribution in [0.2, 0.25) is 0 Å². The zero-order valence-electron chi connectivity index (χ0n) is 15.5. The molecule has 0 saturated carbocycles. The molecule has 0 fully saturated rings. The molecular weight excluding hydrogens is 338 g/mol. The van der Waals surface area contributed by atoms with Crippen LogP contribution in [0.1, 0.15) is 50.5 Å². The maximum absolute atomic E-state index is 13.1. The van der Waals surface area contributed by atoms with Crippen LogP contribution in [-0.2, 0) is 9.53 Å². The number of hydrogen-bond acceptors (Lipinski definition) is 5. The van der Waals surface area contributed by atoms with Crippen molar-refractivity contribution in [2.45, 2.75) is 44.9 Å². The molecule has 2 N–H and O–H groups in total. The number of carbonyl (C=O) groups excluding carboxylic acids is 1. The molecule has 0 radical (unpaired) electrons. The summed E-state index contributed by atoms with van der Waals surface area (Å²) in [4.78, 5) is 13.1. The number of esters is 1. The largest absolute Gasteiger partial charge is 0.464 e. The molecule has 2 atom stereocenters. The number of nitrogens with two attached hydrogens (primary N) is 1. The fourth-order valence-corrected chi connectivity index (χ4v) is 4.35. The van der Waals surface area contributed by atoms with Gasteiger partial charge < -0.3 is 10.5 Å². The van der Waals surface area contributed by atoms with Crippen molar-refractivity contribution in [3.63, 3.8) is 0 Å². The lowest BCUT2D eigenvalue weighted by molar-refractivity contribution is -0.151. The first-order valence-corrected chi connectivity index (χ1v) is 9.37. The molecule has 0 saturated heterocycles. The Balaban J connectivity index is 2.35. The summed E-state index contributed by atoms with van der Waals surface area (Å²) in [6.45, 7) is 1.84. The van der Waals surface area contributed by atoms with Gasteiger partial charge in [-0.2, -0.15) is 10.5 Å². The van der Waals surface area contributed by atoms with E-state index in [1.807, 2.05) is 30.3 Å². The van der Waals surface area contributed by atoms with Crippen molar-refractivity contribution < 1.29 is 9.53 Å². The fourth-order valence-electron chi connectivity index (χ4n) is 4.35. The van der Waals surface area contributed by atoms with Gasteiger partial charge in [0, 0.05) is 5.92 Å². The third-order valence-corrected chi connectivity index (χ3v) is 5.56. The summed E-state index contributed by atoms with van der Waals surface area (Å²) in [5, 5.41) is 20.0. The lowest BCUT2D eigenvalue weighted by Gasteiger charge is -2.40. The molecule has 27 heavy (non-hydrogen) atoms. The Morgan fingerprint density at radius 1 is 1.22 bits per heavy atom. The molecule has 3 rings (SSSR count). The monoisotopic (exact) mass is 361 g/mol. The van der Waals surface area contributed by atoms with Crippen LogP contribution < -0.4 is 5.73 Å². The molecule has 1 aromatic carbocycles. The second-order valence-electron chi connectivity index (χ2n) is 6.95. The number of carbonyl (C=O) groups is 1. The van der Waals surface area contributed by atoms with E-state index >= 15 is 0 Å². The molecule has 5 nitrogen and oxygen atoms in total. The predicted molar refractivity (Wildman–Crippen MR) is 101 cm³/mol. The van der Waals surface area contributed by atoms with Crippen molar-refractivity contribution in [1.29, 1.82) is 10.5 Å². The molecule has 138 valence electrons. The Hall–Kier alpha value is -3.05. The van der Waals surface area contributed by atoms with E-state index in [0.717, 1.165) is 48.8 Å². The minimum absolute atomic E-state index is 0.0282. The molecule has 0 heterocycles. The topological polar surface area (TPSA) is 99.9 Å². The molecule has 0 bridgehead atoms. The van der Waals surface area contributed by atoms with E-state index in [2.05, 4.69) is 12.1 Å². The van der Waals surface area contributed by atoms with Gasteiger partial charge in [0.05, 0.1) is 23.9 Å². The standard InChI is InChI=1S/C22H23N3O2/c1-2-27-21(26)22(14-24)19(15-9-5-3-6-10-15)17-12-8-4-7-11-16(17)18(13-23)20(22)25/h3,5-6,9-10,19H,2,4,7-8,11-12,25H2,1H3/t19-,22+/m1/s1. The van der Waals surface area contributed by atoms with Gasteiger partial charge in [-0.05, 0) is 43.7 Å². The first-order chi connectivity index (χ1) is 13.1. The average Bonchev–Trinajstić information content (AvgIpc) is 2.93. The molecule has 0 unspecified atom stereocenters. The van der Waals surface area contributed by atoms with E-state index < -0.39 is 17.3 Å². The Bertz CT molecular complexity index is 886. The van der Waals surface area contributed by atoms with Crippen molar-refractivity contribution in [2.24, 2.45) is 11.1 Å². The Morgan fingerprint density at radius 3 is 2.56 bits per heavy atom. The van der Waals surface area contributed by atoms with Crippen LogP contribution in [0.15, 0.2) is 52.7 Å². The second kappa shape index (κ2) is 7.68. The van der Waals surface area contributed by atoms with Gasteiger partial charge in [0.2, 0.25) is 5.41 Å². The van der Waals surface area contributed by atoms with Crippen molar-refractivity contribution in [2.75, 3.05) is 6.61 Å². The summed E-state index contributed by atoms with van der Waals surface area (Å²) in [6.07, 6.45) is 4.47. The van der Waals surface area contributed by atoms with Crippen LogP contribution >= 0.6 is 0 Å². The molecule has 1 aromatic rings. The van der Waals surface area contributed by atoms with Gasteiger partial charge >= 0.3 is 5.97 Å². The SMILES string of the molecule is CCOC(=O)[C@]1(C#N)C(N)=C(C#N)C2=C(CCCCC2)[C@H]1c1ccccc1. The Labute approximate surface area is 159 Å². The smallest absolute Gasteiger partial charge is 0.333 e. The van der Waals surface area contributed by atoms with E-state index in [1.165, 1.54) is 0 Å². The number of rotatable bonds is 3. The molecule has 2 aliphatic rings. The number of hydrogen-bond donors (Lipinski definition) is 1. The number of allylic oxidation sites excluding steroid dienone is 3. The number of ether oxygens (including phenoxy) is 1. The zero-order chi connectivity index (χ0) is 19.4. The van der Waals surface area contributed by atoms with Crippen LogP contribution in [0.3, 0.4) is 0 Å². The second-order valence-corrected chi connectivity index (χ2v) is 6.95. The molecule has 5 heteroatoms. The van der Waals surface area contributed by atoms with Gasteiger partial charge in [-0.25, -0.2) is 4.79 Å². The summed E-state index contributed by atoms with van der Waals surface area (Å²) in [5.74, 6) is -1.21. The molecular formula is C22H23N3O2. The molecule has 2 aliphatic carbocycles. The van der Waals surface area contributed by atoms with Crippen LogP contribution in [0, 0.1) is 28.1 Å². The summed E-state index contributed by atoms with van der Waals surface area (Å²) in [5.41, 5.74) is 7.74. The lowest BCUT2D eigenvalue weighted by atomic mass is 9.61. The number of nitrogens with zero attached hydrogens (tertiary/aromatic N) is 2. The van der Waals surface area contributed by atoms with Gasteiger partial charge in [0.1, 0.15) is 6.07 Å². The molecule has 0 amide bonds. The predicted octanol–water partition coefficient (Wildman–Crippen LogP) is 3.85. The summed E-state index contributed by atoms with van der Waals surface area (Å²) < 4.78 is 5.29. The summed E-state index contributed by atoms with van der Waals surface area (Å²) in [7, 11) is 0. The van der Waals surface area contributed by atoms with Gasteiger partial charge in [0.25, 0.3) is 0 Å². The highest BCUT2D eigenvalue weighted by atomic mass is 16.5. The minimum atomic E-state index is -1.72. The first kappa shape index (κ1) is 18.7. The van der Waals surface area contributed by atoms with Gasteiger partial charge in [-0.1, -0.05) is 42.3 Å². The number of nitriles is 2. The van der Waals surface area contributed by atoms with E-state index in [0.29, 0.717) is 0 Å². The van der Waals surface area contributed by atoms with Gasteiger partial charge in [0.15, 0.2) is 0 Å². The lowest BCUT2D eigenvalue weighted by Crippen LogP contribution is -2.46. The van der Waals surface area contributed by atoms with E-state index in [-0.39, 0.29) is 17.9 Å². The van der Waals surface area contributed by atoms with E-state index in [4.69, 9.17) is 10.5 Å². The van der Waals surface area contributed by atoms with Gasteiger partial charge in [-0.3, -0.25) is 0 Å². The van der Waals surface area contributed by atoms with Gasteiger partial charge in [-0.15, -0.1) is 0 Å². The molecule has 0 aromatic heterocycles. The number of benzene rings is 1. The highest BCUT2D eigenvalue weighted by Crippen LogP contribution is 2.54. The first-order valence-electron chi connectivity index (χ1n) is 9.37. The van der Waals surface area contributed by atoms with E-state index in [9.17, 15) is 15.3 Å². The summed E-state index contributed by atoms with van der Waals surface area (Å²) in [6, 6.07) is 13.8. The van der Waals surface area contributed by atoms with E-state index in [1.54, 1.807) is 6.92 Å². The Kier molecular flexibility index (Phi) is 5.33. The molecule has 0 spiro atoms. The quantitative estimate of drug-likeness (QED) is 0.824. The minimum Gasteiger partial charge on any atom is -0.464 e. The normalized spacial score (nSPS) is 25.1. The average molecular weight is 361 g/mol. The highest BCUT2D eigenvalue weighted by molar-refractivity contribution is 5.88. The maximum atomic E-state index is 13.1.